The number of rotatable bonds is 3. The van der Waals surface area contributed by atoms with E-state index in [2.05, 4.69) is 9.97 Å². The molecule has 4 nitrogen and oxygen atoms in total. The van der Waals surface area contributed by atoms with Crippen molar-refractivity contribution < 1.29 is 8.60 Å². The molecule has 6 heteroatoms. The van der Waals surface area contributed by atoms with Crippen molar-refractivity contribution in [2.45, 2.75) is 10.8 Å². The maximum atomic E-state index is 12.9. The van der Waals surface area contributed by atoms with Crippen LogP contribution in [-0.4, -0.2) is 14.2 Å². The lowest BCUT2D eigenvalue weighted by atomic mass is 10.3. The molecule has 0 aromatic carbocycles. The van der Waals surface area contributed by atoms with Gasteiger partial charge in [-0.1, -0.05) is 0 Å². The molecular weight excluding hydrogens is 241 g/mol. The summed E-state index contributed by atoms with van der Waals surface area (Å²) in [5.74, 6) is -0.306. The molecule has 2 aromatic rings. The van der Waals surface area contributed by atoms with Gasteiger partial charge < -0.3 is 5.73 Å². The normalized spacial score (nSPS) is 12.3. The first-order valence-corrected chi connectivity index (χ1v) is 6.17. The maximum absolute atomic E-state index is 12.9. The third-order valence-corrected chi connectivity index (χ3v) is 3.44. The van der Waals surface area contributed by atoms with Crippen molar-refractivity contribution in [3.8, 4) is 0 Å². The van der Waals surface area contributed by atoms with E-state index in [4.69, 9.17) is 5.73 Å². The van der Waals surface area contributed by atoms with E-state index in [-0.39, 0.29) is 5.75 Å². The van der Waals surface area contributed by atoms with E-state index in [0.29, 0.717) is 16.3 Å². The Labute approximate surface area is 100 Å². The lowest BCUT2D eigenvalue weighted by molar-refractivity contribution is 0.619. The van der Waals surface area contributed by atoms with Crippen molar-refractivity contribution in [3.63, 3.8) is 0 Å². The van der Waals surface area contributed by atoms with Crippen LogP contribution in [0.3, 0.4) is 0 Å². The fourth-order valence-corrected chi connectivity index (χ4v) is 2.45. The lowest BCUT2D eigenvalue weighted by Crippen LogP contribution is -2.03. The maximum Gasteiger partial charge on any atom is 0.150 e. The molecule has 0 saturated carbocycles. The number of halogens is 1. The van der Waals surface area contributed by atoms with E-state index in [1.165, 1.54) is 18.5 Å². The molecular formula is C11H10FN3OS. The van der Waals surface area contributed by atoms with E-state index < -0.39 is 16.6 Å². The highest BCUT2D eigenvalue weighted by Gasteiger charge is 2.10. The zero-order chi connectivity index (χ0) is 12.3. The van der Waals surface area contributed by atoms with Crippen LogP contribution >= 0.6 is 0 Å². The molecule has 1 unspecified atom stereocenters. The Balaban J connectivity index is 2.20. The van der Waals surface area contributed by atoms with Gasteiger partial charge in [-0.15, -0.1) is 0 Å². The van der Waals surface area contributed by atoms with Gasteiger partial charge in [-0.05, 0) is 23.8 Å². The first-order chi connectivity index (χ1) is 8.16. The average Bonchev–Trinajstić information content (AvgIpc) is 2.29. The van der Waals surface area contributed by atoms with Crippen molar-refractivity contribution in [2.75, 3.05) is 5.73 Å². The summed E-state index contributed by atoms with van der Waals surface area (Å²) in [6.07, 6.45) is 4.09. The molecule has 2 heterocycles. The van der Waals surface area contributed by atoms with Gasteiger partial charge in [0.15, 0.2) is 0 Å². The van der Waals surface area contributed by atoms with Crippen LogP contribution in [0.2, 0.25) is 0 Å². The minimum Gasteiger partial charge on any atom is -0.396 e. The number of nitrogens with zero attached hydrogens (tertiary/aromatic N) is 2. The Morgan fingerprint density at radius 3 is 2.94 bits per heavy atom. The highest BCUT2D eigenvalue weighted by atomic mass is 32.2. The van der Waals surface area contributed by atoms with Crippen molar-refractivity contribution in [1.29, 1.82) is 0 Å². The Bertz CT molecular complexity index is 562. The number of anilines is 1. The van der Waals surface area contributed by atoms with Gasteiger partial charge >= 0.3 is 0 Å². The topological polar surface area (TPSA) is 68.9 Å². The summed E-state index contributed by atoms with van der Waals surface area (Å²) in [6.45, 7) is 0. The van der Waals surface area contributed by atoms with Crippen LogP contribution in [0.1, 0.15) is 5.56 Å². The molecule has 0 spiro atoms. The molecule has 2 rings (SSSR count). The van der Waals surface area contributed by atoms with Crippen molar-refractivity contribution in [1.82, 2.24) is 9.97 Å². The van der Waals surface area contributed by atoms with Gasteiger partial charge in [0, 0.05) is 12.4 Å². The smallest absolute Gasteiger partial charge is 0.150 e. The molecule has 17 heavy (non-hydrogen) atoms. The molecule has 0 saturated heterocycles. The molecule has 0 aliphatic rings. The second-order valence-corrected chi connectivity index (χ2v) is 4.77. The second-order valence-electron chi connectivity index (χ2n) is 3.40. The number of nitrogens with two attached hydrogens (primary N) is 1. The largest absolute Gasteiger partial charge is 0.396 e. The molecule has 0 aliphatic heterocycles. The Kier molecular flexibility index (Phi) is 3.43. The second kappa shape index (κ2) is 5.01. The zero-order valence-electron chi connectivity index (χ0n) is 8.84. The third-order valence-electron chi connectivity index (χ3n) is 2.08. The van der Waals surface area contributed by atoms with E-state index in [1.807, 2.05) is 0 Å². The van der Waals surface area contributed by atoms with Gasteiger partial charge in [-0.2, -0.15) is 0 Å². The van der Waals surface area contributed by atoms with Gasteiger partial charge in [0.25, 0.3) is 0 Å². The Hall–Kier alpha value is -1.82. The summed E-state index contributed by atoms with van der Waals surface area (Å²) >= 11 is 0. The Morgan fingerprint density at radius 1 is 1.41 bits per heavy atom. The fourth-order valence-electron chi connectivity index (χ4n) is 1.35. The van der Waals surface area contributed by atoms with Crippen LogP contribution < -0.4 is 5.73 Å². The van der Waals surface area contributed by atoms with Crippen molar-refractivity contribution in [2.24, 2.45) is 0 Å². The van der Waals surface area contributed by atoms with E-state index in [1.54, 1.807) is 12.1 Å². The molecule has 88 valence electrons. The summed E-state index contributed by atoms with van der Waals surface area (Å²) in [5, 5.41) is 0.316. The summed E-state index contributed by atoms with van der Waals surface area (Å²) < 4.78 is 24.9. The molecule has 0 amide bonds. The highest BCUT2D eigenvalue weighted by Crippen LogP contribution is 2.15. The van der Waals surface area contributed by atoms with Gasteiger partial charge in [-0.25, -0.2) is 9.37 Å². The van der Waals surface area contributed by atoms with E-state index in [9.17, 15) is 8.60 Å². The van der Waals surface area contributed by atoms with Crippen LogP contribution in [0.5, 0.6) is 0 Å². The van der Waals surface area contributed by atoms with Crippen molar-refractivity contribution in [3.05, 3.63) is 48.2 Å². The predicted octanol–water partition coefficient (Wildman–Crippen LogP) is 1.51. The van der Waals surface area contributed by atoms with Crippen LogP contribution in [0.25, 0.3) is 0 Å². The van der Waals surface area contributed by atoms with E-state index >= 15 is 0 Å². The molecule has 0 radical (unpaired) electrons. The van der Waals surface area contributed by atoms with Crippen molar-refractivity contribution >= 4 is 16.5 Å². The first kappa shape index (κ1) is 11.7. The van der Waals surface area contributed by atoms with Gasteiger partial charge in [0.05, 0.1) is 28.4 Å². The number of hydrogen-bond acceptors (Lipinski definition) is 4. The lowest BCUT2D eigenvalue weighted by Gasteiger charge is -2.04. The summed E-state index contributed by atoms with van der Waals surface area (Å²) in [7, 11) is -1.40. The van der Waals surface area contributed by atoms with Gasteiger partial charge in [0.1, 0.15) is 10.8 Å². The molecule has 2 N–H and O–H groups in total. The monoisotopic (exact) mass is 251 g/mol. The molecule has 2 aromatic heterocycles. The Morgan fingerprint density at radius 2 is 2.24 bits per heavy atom. The van der Waals surface area contributed by atoms with Gasteiger partial charge in [-0.3, -0.25) is 9.19 Å². The standard InChI is InChI=1S/C11H10FN3OS/c12-9-4-8(5-14-6-9)7-17(16)11-10(13)2-1-3-15-11/h1-6H,7,13H2. The molecule has 0 fully saturated rings. The number of aromatic nitrogens is 2. The highest BCUT2D eigenvalue weighted by molar-refractivity contribution is 7.84. The first-order valence-electron chi connectivity index (χ1n) is 4.85. The molecule has 1 atom stereocenters. The van der Waals surface area contributed by atoms with Crippen LogP contribution in [-0.2, 0) is 16.6 Å². The predicted molar refractivity (Wildman–Crippen MR) is 63.0 cm³/mol. The minimum atomic E-state index is -1.40. The SMILES string of the molecule is Nc1cccnc1S(=O)Cc1cncc(F)c1. The number of nitrogen functional groups attached to an aromatic ring is 1. The number of hydrogen-bond donors (Lipinski definition) is 1. The summed E-state index contributed by atoms with van der Waals surface area (Å²) in [5.41, 5.74) is 6.58. The average molecular weight is 251 g/mol. The quantitative estimate of drug-likeness (QED) is 0.897. The van der Waals surface area contributed by atoms with E-state index in [0.717, 1.165) is 6.20 Å². The zero-order valence-corrected chi connectivity index (χ0v) is 9.65. The summed E-state index contributed by atoms with van der Waals surface area (Å²) in [4.78, 5) is 7.65. The van der Waals surface area contributed by atoms with Crippen LogP contribution in [0.15, 0.2) is 41.8 Å². The van der Waals surface area contributed by atoms with Crippen LogP contribution in [0.4, 0.5) is 10.1 Å². The molecule has 0 aliphatic carbocycles. The van der Waals surface area contributed by atoms with Crippen LogP contribution in [0, 0.1) is 5.82 Å². The number of pyridine rings is 2. The van der Waals surface area contributed by atoms with Gasteiger partial charge in [0.2, 0.25) is 0 Å². The summed E-state index contributed by atoms with van der Waals surface area (Å²) in [6, 6.07) is 4.59. The minimum absolute atomic E-state index is 0.145. The molecule has 0 bridgehead atoms. The fraction of sp³-hybridized carbons (Fsp3) is 0.0909. The third kappa shape index (κ3) is 2.85.